The van der Waals surface area contributed by atoms with Crippen LogP contribution in [0.1, 0.15) is 15.9 Å². The molecule has 0 aliphatic heterocycles. The predicted molar refractivity (Wildman–Crippen MR) is 108 cm³/mol. The lowest BCUT2D eigenvalue weighted by Gasteiger charge is -2.07. The molecule has 3 aromatic rings. The largest absolute Gasteiger partial charge is 0.485 e. The van der Waals surface area contributed by atoms with Crippen molar-refractivity contribution in [3.05, 3.63) is 89.5 Å². The van der Waals surface area contributed by atoms with E-state index in [1.54, 1.807) is 61.1 Å². The quantitative estimate of drug-likeness (QED) is 0.395. The van der Waals surface area contributed by atoms with Gasteiger partial charge in [0.2, 0.25) is 0 Å². The van der Waals surface area contributed by atoms with E-state index in [0.717, 1.165) is 5.56 Å². The molecule has 0 aliphatic carbocycles. The topological polar surface area (TPSA) is 88.8 Å². The summed E-state index contributed by atoms with van der Waals surface area (Å²) in [4.78, 5) is 24.4. The molecule has 0 atom stereocenters. The van der Waals surface area contributed by atoms with E-state index in [9.17, 15) is 4.79 Å². The van der Waals surface area contributed by atoms with Gasteiger partial charge in [0.15, 0.2) is 5.84 Å². The van der Waals surface area contributed by atoms with Crippen molar-refractivity contribution < 1.29 is 9.53 Å². The number of amidine groups is 1. The summed E-state index contributed by atoms with van der Waals surface area (Å²) >= 11 is 5.96. The number of carbonyl (C=O) groups is 1. The molecule has 0 spiro atoms. The Morgan fingerprint density at radius 2 is 1.96 bits per heavy atom. The summed E-state index contributed by atoms with van der Waals surface area (Å²) in [5.41, 5.74) is 3.69. The molecule has 2 heterocycles. The molecule has 1 aromatic carbocycles. The number of aliphatic imine (C=N–C) groups is 1. The van der Waals surface area contributed by atoms with Gasteiger partial charge in [0.25, 0.3) is 5.91 Å². The van der Waals surface area contributed by atoms with Gasteiger partial charge in [0.1, 0.15) is 12.4 Å². The number of hydrogen-bond acceptors (Lipinski definition) is 5. The van der Waals surface area contributed by atoms with Gasteiger partial charge < -0.3 is 4.74 Å². The Hall–Kier alpha value is -3.58. The molecule has 0 saturated carbocycles. The van der Waals surface area contributed by atoms with Crippen LogP contribution < -0.4 is 10.2 Å². The molecule has 0 unspecified atom stereocenters. The van der Waals surface area contributed by atoms with Gasteiger partial charge in [-0.15, -0.1) is 0 Å². The Labute approximate surface area is 166 Å². The first-order chi connectivity index (χ1) is 13.7. The normalized spacial score (nSPS) is 11.4. The van der Waals surface area contributed by atoms with Gasteiger partial charge in [-0.2, -0.15) is 5.10 Å². The summed E-state index contributed by atoms with van der Waals surface area (Å²) in [7, 11) is 0. The summed E-state index contributed by atoms with van der Waals surface area (Å²) in [5.74, 6) is 0.461. The van der Waals surface area contributed by atoms with Gasteiger partial charge in [0, 0.05) is 47.2 Å². The number of benzene rings is 1. The van der Waals surface area contributed by atoms with E-state index < -0.39 is 0 Å². The lowest BCUT2D eigenvalue weighted by Crippen LogP contribution is -2.21. The van der Waals surface area contributed by atoms with Crippen LogP contribution in [-0.2, 0) is 0 Å². The molecule has 28 heavy (non-hydrogen) atoms. The zero-order valence-corrected chi connectivity index (χ0v) is 15.5. The molecule has 0 fully saturated rings. The second-order valence-corrected chi connectivity index (χ2v) is 5.93. The van der Waals surface area contributed by atoms with E-state index >= 15 is 0 Å². The standard InChI is InChI=1S/C20H16ClN5O2/c21-17-4-1-5-18(11-17)28-14-19(24-13-15-3-2-8-23-12-15)25-26-20(27)16-6-9-22-10-7-16/h1-13H,14H2,(H,26,27)/b24-13?,25-19-. The molecule has 1 amide bonds. The predicted octanol–water partition coefficient (Wildman–Crippen LogP) is 3.37. The SMILES string of the molecule is O=C(N/N=C(/COc1cccc(Cl)c1)N=Cc1cccnc1)c1ccncc1. The number of ether oxygens (including phenoxy) is 1. The first-order valence-corrected chi connectivity index (χ1v) is 8.68. The van der Waals surface area contributed by atoms with Crippen LogP contribution >= 0.6 is 11.6 Å². The van der Waals surface area contributed by atoms with Crippen LogP contribution in [0.5, 0.6) is 5.75 Å². The molecule has 1 N–H and O–H groups in total. The van der Waals surface area contributed by atoms with Gasteiger partial charge in [-0.1, -0.05) is 23.7 Å². The van der Waals surface area contributed by atoms with Crippen molar-refractivity contribution in [2.24, 2.45) is 10.1 Å². The molecular formula is C20H16ClN5O2. The first kappa shape index (κ1) is 19.2. The molecule has 8 heteroatoms. The molecule has 2 aromatic heterocycles. The number of hydrazone groups is 1. The number of halogens is 1. The van der Waals surface area contributed by atoms with Crippen molar-refractivity contribution in [1.29, 1.82) is 0 Å². The van der Waals surface area contributed by atoms with Crippen molar-refractivity contribution in [2.45, 2.75) is 0 Å². The molecule has 0 saturated heterocycles. The van der Waals surface area contributed by atoms with E-state index in [4.69, 9.17) is 16.3 Å². The zero-order valence-electron chi connectivity index (χ0n) is 14.7. The molecule has 0 aliphatic rings. The van der Waals surface area contributed by atoms with Gasteiger partial charge in [-0.25, -0.2) is 10.4 Å². The minimum atomic E-state index is -0.376. The van der Waals surface area contributed by atoms with Crippen molar-refractivity contribution in [1.82, 2.24) is 15.4 Å². The Kier molecular flexibility index (Phi) is 6.81. The number of rotatable bonds is 6. The maximum atomic E-state index is 12.2. The Morgan fingerprint density at radius 3 is 2.71 bits per heavy atom. The van der Waals surface area contributed by atoms with Gasteiger partial charge in [-0.3, -0.25) is 14.8 Å². The van der Waals surface area contributed by atoms with Crippen LogP contribution in [0, 0.1) is 0 Å². The maximum Gasteiger partial charge on any atom is 0.271 e. The molecule has 140 valence electrons. The fraction of sp³-hybridized carbons (Fsp3) is 0.0500. The summed E-state index contributed by atoms with van der Waals surface area (Å²) in [5, 5.41) is 4.63. The number of aromatic nitrogens is 2. The second-order valence-electron chi connectivity index (χ2n) is 5.50. The van der Waals surface area contributed by atoms with Crippen LogP contribution in [0.4, 0.5) is 0 Å². The van der Waals surface area contributed by atoms with Gasteiger partial charge in [-0.05, 0) is 36.4 Å². The highest BCUT2D eigenvalue weighted by molar-refractivity contribution is 6.30. The number of amides is 1. The van der Waals surface area contributed by atoms with E-state index in [1.807, 2.05) is 6.07 Å². The fourth-order valence-electron chi connectivity index (χ4n) is 2.09. The smallest absolute Gasteiger partial charge is 0.271 e. The number of nitrogens with one attached hydrogen (secondary N) is 1. The Morgan fingerprint density at radius 1 is 1.11 bits per heavy atom. The summed E-state index contributed by atoms with van der Waals surface area (Å²) in [6.07, 6.45) is 7.98. The van der Waals surface area contributed by atoms with E-state index in [-0.39, 0.29) is 18.3 Å². The molecule has 0 radical (unpaired) electrons. The molecular weight excluding hydrogens is 378 g/mol. The molecule has 7 nitrogen and oxygen atoms in total. The first-order valence-electron chi connectivity index (χ1n) is 8.30. The van der Waals surface area contributed by atoms with Crippen molar-refractivity contribution in [3.8, 4) is 5.75 Å². The van der Waals surface area contributed by atoms with Crippen LogP contribution in [0.25, 0.3) is 0 Å². The van der Waals surface area contributed by atoms with Crippen LogP contribution in [0.15, 0.2) is 83.4 Å². The molecule has 0 bridgehead atoms. The summed E-state index contributed by atoms with van der Waals surface area (Å²) < 4.78 is 5.67. The van der Waals surface area contributed by atoms with Crippen LogP contribution in [-0.4, -0.2) is 34.5 Å². The highest BCUT2D eigenvalue weighted by Gasteiger charge is 2.05. The highest BCUT2D eigenvalue weighted by atomic mass is 35.5. The average molecular weight is 394 g/mol. The van der Waals surface area contributed by atoms with Crippen molar-refractivity contribution in [3.63, 3.8) is 0 Å². The van der Waals surface area contributed by atoms with Gasteiger partial charge >= 0.3 is 0 Å². The number of pyridine rings is 2. The fourth-order valence-corrected chi connectivity index (χ4v) is 2.27. The van der Waals surface area contributed by atoms with Crippen LogP contribution in [0.3, 0.4) is 0 Å². The summed E-state index contributed by atoms with van der Waals surface area (Å²) in [6, 6.07) is 13.8. The highest BCUT2D eigenvalue weighted by Crippen LogP contribution is 2.17. The third-order valence-corrected chi connectivity index (χ3v) is 3.68. The minimum absolute atomic E-state index is 0.0354. The Balaban J connectivity index is 1.73. The van der Waals surface area contributed by atoms with E-state index in [1.165, 1.54) is 12.4 Å². The third-order valence-electron chi connectivity index (χ3n) is 3.44. The van der Waals surface area contributed by atoms with Crippen molar-refractivity contribution in [2.75, 3.05) is 6.61 Å². The van der Waals surface area contributed by atoms with E-state index in [2.05, 4.69) is 25.5 Å². The zero-order chi connectivity index (χ0) is 19.6. The van der Waals surface area contributed by atoms with Crippen molar-refractivity contribution >= 4 is 29.6 Å². The Bertz CT molecular complexity index is 978. The number of hydrogen-bond donors (Lipinski definition) is 1. The third kappa shape index (κ3) is 6.00. The maximum absolute atomic E-state index is 12.2. The van der Waals surface area contributed by atoms with E-state index in [0.29, 0.717) is 16.3 Å². The lowest BCUT2D eigenvalue weighted by atomic mass is 10.3. The number of nitrogens with zero attached hydrogens (tertiary/aromatic N) is 4. The monoisotopic (exact) mass is 393 g/mol. The average Bonchev–Trinajstić information content (AvgIpc) is 2.74. The second kappa shape index (κ2) is 9.94. The minimum Gasteiger partial charge on any atom is -0.485 e. The van der Waals surface area contributed by atoms with Crippen LogP contribution in [0.2, 0.25) is 5.02 Å². The lowest BCUT2D eigenvalue weighted by molar-refractivity contribution is 0.0954. The molecule has 3 rings (SSSR count). The van der Waals surface area contributed by atoms with Gasteiger partial charge in [0.05, 0.1) is 0 Å². The summed E-state index contributed by atoms with van der Waals surface area (Å²) in [6.45, 7) is 0.0354. The number of carbonyl (C=O) groups excluding carboxylic acids is 1.